The van der Waals surface area contributed by atoms with Gasteiger partial charge in [-0.15, -0.1) is 0 Å². The average molecular weight is 302 g/mol. The number of aliphatic hydroxyl groups is 1. The lowest BCUT2D eigenvalue weighted by atomic mass is 9.76. The molecule has 2 N–H and O–H groups in total. The number of nitrogens with zero attached hydrogens (tertiary/aromatic N) is 1. The molecule has 0 radical (unpaired) electrons. The van der Waals surface area contributed by atoms with Crippen LogP contribution in [0.5, 0.6) is 0 Å². The smallest absolute Gasteiger partial charge is 0.224 e. The molecule has 1 fully saturated rings. The predicted octanol–water partition coefficient (Wildman–Crippen LogP) is 2.31. The number of thiophene rings is 1. The van der Waals surface area contributed by atoms with Crippen molar-refractivity contribution >= 4 is 17.2 Å². The van der Waals surface area contributed by atoms with Gasteiger partial charge >= 0.3 is 0 Å². The predicted molar refractivity (Wildman–Crippen MR) is 81.9 cm³/mol. The van der Waals surface area contributed by atoms with E-state index in [1.807, 2.05) is 35.0 Å². The first kappa shape index (κ1) is 14.2. The Bertz CT molecular complexity index is 580. The number of aromatic nitrogens is 1. The molecule has 3 rings (SSSR count). The summed E-state index contributed by atoms with van der Waals surface area (Å²) in [4.78, 5) is 16.6. The molecule has 5 heteroatoms. The second-order valence-electron chi connectivity index (χ2n) is 5.49. The Balaban J connectivity index is 1.69. The van der Waals surface area contributed by atoms with Gasteiger partial charge in [-0.05, 0) is 53.3 Å². The second-order valence-corrected chi connectivity index (χ2v) is 6.27. The van der Waals surface area contributed by atoms with Gasteiger partial charge in [-0.1, -0.05) is 6.07 Å². The minimum absolute atomic E-state index is 0.00504. The average Bonchev–Trinajstić information content (AvgIpc) is 2.95. The maximum Gasteiger partial charge on any atom is 0.224 e. The van der Waals surface area contributed by atoms with E-state index in [-0.39, 0.29) is 24.0 Å². The number of aliphatic hydroxyl groups excluding tert-OH is 1. The van der Waals surface area contributed by atoms with E-state index in [9.17, 15) is 9.90 Å². The van der Waals surface area contributed by atoms with Gasteiger partial charge in [0.25, 0.3) is 0 Å². The zero-order valence-electron chi connectivity index (χ0n) is 11.6. The molecule has 0 spiro atoms. The van der Waals surface area contributed by atoms with Gasteiger partial charge in [-0.2, -0.15) is 11.3 Å². The molecule has 1 aliphatic carbocycles. The fraction of sp³-hybridized carbons (Fsp3) is 0.375. The highest BCUT2D eigenvalue weighted by atomic mass is 32.1. The van der Waals surface area contributed by atoms with E-state index in [0.717, 1.165) is 24.1 Å². The third-order valence-corrected chi connectivity index (χ3v) is 4.62. The molecule has 2 heterocycles. The third kappa shape index (κ3) is 3.49. The van der Waals surface area contributed by atoms with E-state index in [1.54, 1.807) is 17.5 Å². The lowest BCUT2D eigenvalue weighted by Gasteiger charge is -2.37. The van der Waals surface area contributed by atoms with Crippen molar-refractivity contribution in [2.45, 2.75) is 31.4 Å². The summed E-state index contributed by atoms with van der Waals surface area (Å²) in [6.45, 7) is 0. The van der Waals surface area contributed by atoms with E-state index in [2.05, 4.69) is 10.3 Å². The number of hydrogen-bond donors (Lipinski definition) is 2. The molecule has 1 atom stereocenters. The van der Waals surface area contributed by atoms with Crippen LogP contribution in [-0.2, 0) is 11.2 Å². The van der Waals surface area contributed by atoms with Crippen LogP contribution >= 0.6 is 11.3 Å². The molecule has 0 unspecified atom stereocenters. The van der Waals surface area contributed by atoms with Crippen LogP contribution in [-0.4, -0.2) is 22.1 Å². The summed E-state index contributed by atoms with van der Waals surface area (Å²) < 4.78 is 0. The van der Waals surface area contributed by atoms with E-state index >= 15 is 0 Å². The first-order valence-electron chi connectivity index (χ1n) is 7.12. The molecule has 2 aromatic rings. The van der Waals surface area contributed by atoms with Crippen LogP contribution in [0.2, 0.25) is 0 Å². The fourth-order valence-corrected chi connectivity index (χ4v) is 3.37. The lowest BCUT2D eigenvalue weighted by molar-refractivity contribution is -0.122. The molecule has 1 aliphatic rings. The first-order chi connectivity index (χ1) is 10.2. The van der Waals surface area contributed by atoms with Crippen molar-refractivity contribution in [2.75, 3.05) is 0 Å². The molecular formula is C16H18N2O2S. The Morgan fingerprint density at radius 2 is 2.29 bits per heavy atom. The molecule has 21 heavy (non-hydrogen) atoms. The number of rotatable bonds is 5. The van der Waals surface area contributed by atoms with Crippen molar-refractivity contribution in [3.63, 3.8) is 0 Å². The highest BCUT2D eigenvalue weighted by molar-refractivity contribution is 7.07. The van der Waals surface area contributed by atoms with Crippen molar-refractivity contribution in [1.29, 1.82) is 0 Å². The maximum absolute atomic E-state index is 12.2. The number of carbonyl (C=O) groups is 1. The van der Waals surface area contributed by atoms with Crippen LogP contribution in [0.3, 0.4) is 0 Å². The quantitative estimate of drug-likeness (QED) is 0.891. The Morgan fingerprint density at radius 1 is 1.43 bits per heavy atom. The zero-order valence-corrected chi connectivity index (χ0v) is 12.4. The Kier molecular flexibility index (Phi) is 4.31. The van der Waals surface area contributed by atoms with Crippen LogP contribution in [0.4, 0.5) is 0 Å². The monoisotopic (exact) mass is 302 g/mol. The molecule has 1 saturated carbocycles. The molecule has 0 aromatic carbocycles. The Morgan fingerprint density at radius 3 is 2.90 bits per heavy atom. The van der Waals surface area contributed by atoms with Crippen molar-refractivity contribution < 1.29 is 9.90 Å². The number of hydrogen-bond acceptors (Lipinski definition) is 4. The normalized spacial score (nSPS) is 22.3. The van der Waals surface area contributed by atoms with Crippen LogP contribution < -0.4 is 5.32 Å². The highest BCUT2D eigenvalue weighted by Crippen LogP contribution is 2.37. The molecule has 0 aliphatic heterocycles. The van der Waals surface area contributed by atoms with E-state index in [1.165, 1.54) is 0 Å². The summed E-state index contributed by atoms with van der Waals surface area (Å²) in [5.74, 6) is 0.270. The summed E-state index contributed by atoms with van der Waals surface area (Å²) >= 11 is 1.59. The minimum Gasteiger partial charge on any atom is -0.393 e. The number of nitrogens with one attached hydrogen (secondary N) is 1. The number of pyridine rings is 1. The van der Waals surface area contributed by atoms with Crippen molar-refractivity contribution in [1.82, 2.24) is 10.3 Å². The highest BCUT2D eigenvalue weighted by Gasteiger charge is 2.36. The van der Waals surface area contributed by atoms with Gasteiger partial charge in [0.2, 0.25) is 5.91 Å². The Labute approximate surface area is 127 Å². The zero-order chi connectivity index (χ0) is 14.7. The fourth-order valence-electron chi connectivity index (χ4n) is 2.70. The van der Waals surface area contributed by atoms with Crippen LogP contribution in [0.15, 0.2) is 41.2 Å². The van der Waals surface area contributed by atoms with Crippen molar-refractivity contribution in [3.05, 3.63) is 52.5 Å². The molecule has 2 aromatic heterocycles. The van der Waals surface area contributed by atoms with Gasteiger partial charge in [-0.25, -0.2) is 0 Å². The van der Waals surface area contributed by atoms with E-state index < -0.39 is 0 Å². The summed E-state index contributed by atoms with van der Waals surface area (Å²) in [5.41, 5.74) is 1.90. The number of carbonyl (C=O) groups excluding carboxylic acids is 1. The van der Waals surface area contributed by atoms with Crippen LogP contribution in [0, 0.1) is 5.92 Å². The summed E-state index contributed by atoms with van der Waals surface area (Å²) in [6, 6.07) is 7.58. The largest absolute Gasteiger partial charge is 0.393 e. The SMILES string of the molecule is O=C(Cc1ccsc1)N[C@@H](c1ccccn1)C1CC(O)C1. The maximum atomic E-state index is 12.2. The minimum atomic E-state index is -0.241. The van der Waals surface area contributed by atoms with Gasteiger partial charge in [-0.3, -0.25) is 9.78 Å². The van der Waals surface area contributed by atoms with Gasteiger partial charge in [0.05, 0.1) is 24.3 Å². The summed E-state index contributed by atoms with van der Waals surface area (Å²) in [6.07, 6.45) is 3.33. The van der Waals surface area contributed by atoms with Gasteiger partial charge in [0, 0.05) is 6.20 Å². The molecule has 110 valence electrons. The third-order valence-electron chi connectivity index (χ3n) is 3.89. The van der Waals surface area contributed by atoms with Gasteiger partial charge in [0.15, 0.2) is 0 Å². The summed E-state index contributed by atoms with van der Waals surface area (Å²) in [5, 5.41) is 16.6. The molecular weight excluding hydrogens is 284 g/mol. The van der Waals surface area contributed by atoms with Gasteiger partial charge in [0.1, 0.15) is 0 Å². The number of amides is 1. The van der Waals surface area contributed by atoms with E-state index in [0.29, 0.717) is 6.42 Å². The lowest BCUT2D eigenvalue weighted by Crippen LogP contribution is -2.42. The standard InChI is InChI=1S/C16H18N2O2S/c19-13-8-12(9-13)16(14-3-1-2-5-17-14)18-15(20)7-11-4-6-21-10-11/h1-6,10,12-13,16,19H,7-9H2,(H,18,20)/t12?,13?,16-/m1/s1. The topological polar surface area (TPSA) is 62.2 Å². The van der Waals surface area contributed by atoms with Crippen molar-refractivity contribution in [2.24, 2.45) is 5.92 Å². The Hall–Kier alpha value is -1.72. The van der Waals surface area contributed by atoms with Gasteiger partial charge < -0.3 is 10.4 Å². The molecule has 4 nitrogen and oxygen atoms in total. The molecule has 0 bridgehead atoms. The van der Waals surface area contributed by atoms with E-state index in [4.69, 9.17) is 0 Å². The first-order valence-corrected chi connectivity index (χ1v) is 8.06. The molecule has 1 amide bonds. The van der Waals surface area contributed by atoms with Crippen LogP contribution in [0.1, 0.15) is 30.1 Å². The second kappa shape index (κ2) is 6.37. The van der Waals surface area contributed by atoms with Crippen LogP contribution in [0.25, 0.3) is 0 Å². The van der Waals surface area contributed by atoms with Crippen molar-refractivity contribution in [3.8, 4) is 0 Å². The molecule has 0 saturated heterocycles. The summed E-state index contributed by atoms with van der Waals surface area (Å²) in [7, 11) is 0.